The minimum atomic E-state index is 0.546. The molecule has 2 aromatic rings. The van der Waals surface area contributed by atoms with E-state index in [0.29, 0.717) is 11.5 Å². The van der Waals surface area contributed by atoms with E-state index in [1.807, 2.05) is 60.7 Å². The molecule has 0 aromatic heterocycles. The summed E-state index contributed by atoms with van der Waals surface area (Å²) < 4.78 is 0. The van der Waals surface area contributed by atoms with Crippen LogP contribution in [0.15, 0.2) is 78.6 Å². The first-order valence-electron chi connectivity index (χ1n) is 6.06. The summed E-state index contributed by atoms with van der Waals surface area (Å²) in [5, 5.41) is 3.09. The van der Waals surface area contributed by atoms with Crippen LogP contribution in [0.5, 0.6) is 0 Å². The monoisotopic (exact) mass is 251 g/mol. The van der Waals surface area contributed by atoms with Crippen LogP contribution < -0.4 is 16.8 Å². The van der Waals surface area contributed by atoms with Crippen LogP contribution in [0.1, 0.15) is 5.56 Å². The Morgan fingerprint density at radius 1 is 0.789 bits per heavy atom. The fraction of sp³-hybridized carbons (Fsp3) is 0. The lowest BCUT2D eigenvalue weighted by Gasteiger charge is -2.05. The predicted molar refractivity (Wildman–Crippen MR) is 80.9 cm³/mol. The van der Waals surface area contributed by atoms with Crippen molar-refractivity contribution in [2.45, 2.75) is 0 Å². The van der Waals surface area contributed by atoms with E-state index in [-0.39, 0.29) is 0 Å². The molecular weight excluding hydrogens is 234 g/mol. The Hall–Kier alpha value is -2.68. The van der Waals surface area contributed by atoms with Gasteiger partial charge in [-0.1, -0.05) is 48.5 Å². The highest BCUT2D eigenvalue weighted by atomic mass is 15.0. The number of hydrogen-bond acceptors (Lipinski definition) is 3. The fourth-order valence-corrected chi connectivity index (χ4v) is 1.64. The zero-order chi connectivity index (χ0) is 13.5. The molecule has 0 amide bonds. The van der Waals surface area contributed by atoms with Gasteiger partial charge in [-0.2, -0.15) is 0 Å². The summed E-state index contributed by atoms with van der Waals surface area (Å²) in [7, 11) is 0. The van der Waals surface area contributed by atoms with E-state index in [1.165, 1.54) is 0 Å². The molecule has 2 aromatic carbocycles. The van der Waals surface area contributed by atoms with E-state index >= 15 is 0 Å². The van der Waals surface area contributed by atoms with Crippen molar-refractivity contribution in [2.24, 2.45) is 11.5 Å². The van der Waals surface area contributed by atoms with Gasteiger partial charge in [0.1, 0.15) is 5.82 Å². The van der Waals surface area contributed by atoms with E-state index in [0.717, 1.165) is 11.3 Å². The van der Waals surface area contributed by atoms with Gasteiger partial charge in [0.2, 0.25) is 0 Å². The number of benzene rings is 2. The number of nitrogens with two attached hydrogens (primary N) is 2. The maximum Gasteiger partial charge on any atom is 0.100 e. The van der Waals surface area contributed by atoms with Crippen molar-refractivity contribution in [2.75, 3.05) is 5.32 Å². The third-order valence-corrected chi connectivity index (χ3v) is 2.61. The highest BCUT2D eigenvalue weighted by Gasteiger charge is 1.94. The Morgan fingerprint density at radius 3 is 2.00 bits per heavy atom. The quantitative estimate of drug-likeness (QED) is 0.732. The van der Waals surface area contributed by atoms with Crippen molar-refractivity contribution in [3.8, 4) is 0 Å². The molecule has 0 aliphatic heterocycles. The third kappa shape index (κ3) is 3.92. The highest BCUT2D eigenvalue weighted by molar-refractivity contribution is 5.64. The Labute approximate surface area is 113 Å². The molecule has 0 unspecified atom stereocenters. The van der Waals surface area contributed by atoms with E-state index < -0.39 is 0 Å². The van der Waals surface area contributed by atoms with Crippen LogP contribution >= 0.6 is 0 Å². The van der Waals surface area contributed by atoms with Crippen LogP contribution in [-0.4, -0.2) is 0 Å². The van der Waals surface area contributed by atoms with Crippen LogP contribution in [0.25, 0.3) is 5.70 Å². The molecular formula is C16H17N3. The molecule has 0 atom stereocenters. The molecule has 3 heteroatoms. The number of rotatable bonds is 4. The van der Waals surface area contributed by atoms with Gasteiger partial charge >= 0.3 is 0 Å². The molecule has 5 N–H and O–H groups in total. The summed E-state index contributed by atoms with van der Waals surface area (Å²) in [5.74, 6) is 0.546. The van der Waals surface area contributed by atoms with Crippen LogP contribution in [-0.2, 0) is 0 Å². The maximum atomic E-state index is 5.97. The Morgan fingerprint density at radius 2 is 1.37 bits per heavy atom. The van der Waals surface area contributed by atoms with Crippen LogP contribution in [0.2, 0.25) is 0 Å². The Bertz CT molecular complexity index is 571. The molecule has 0 saturated heterocycles. The maximum absolute atomic E-state index is 5.97. The molecule has 0 heterocycles. The number of hydrogen-bond donors (Lipinski definition) is 3. The van der Waals surface area contributed by atoms with Gasteiger partial charge in [0.25, 0.3) is 0 Å². The number of anilines is 1. The highest BCUT2D eigenvalue weighted by Crippen LogP contribution is 2.09. The summed E-state index contributed by atoms with van der Waals surface area (Å²) in [5.41, 5.74) is 14.5. The molecule has 0 saturated carbocycles. The summed E-state index contributed by atoms with van der Waals surface area (Å²) in [6.07, 6.45) is 3.55. The van der Waals surface area contributed by atoms with Gasteiger partial charge in [-0.3, -0.25) is 0 Å². The first-order valence-corrected chi connectivity index (χ1v) is 6.06. The summed E-state index contributed by atoms with van der Waals surface area (Å²) in [6, 6.07) is 19.5. The number of nitrogens with one attached hydrogen (secondary N) is 1. The van der Waals surface area contributed by atoms with E-state index in [9.17, 15) is 0 Å². The molecule has 0 aliphatic carbocycles. The molecule has 0 aliphatic rings. The van der Waals surface area contributed by atoms with E-state index in [4.69, 9.17) is 11.5 Å². The zero-order valence-corrected chi connectivity index (χ0v) is 10.6. The lowest BCUT2D eigenvalue weighted by atomic mass is 10.1. The van der Waals surface area contributed by atoms with Gasteiger partial charge in [0, 0.05) is 11.4 Å². The average molecular weight is 251 g/mol. The molecule has 19 heavy (non-hydrogen) atoms. The lowest BCUT2D eigenvalue weighted by Crippen LogP contribution is -2.08. The topological polar surface area (TPSA) is 64.1 Å². The largest absolute Gasteiger partial charge is 0.398 e. The van der Waals surface area contributed by atoms with Crippen LogP contribution in [0.4, 0.5) is 5.69 Å². The fourth-order valence-electron chi connectivity index (χ4n) is 1.64. The second-order valence-corrected chi connectivity index (χ2v) is 4.10. The summed E-state index contributed by atoms with van der Waals surface area (Å²) >= 11 is 0. The normalized spacial score (nSPS) is 12.2. The van der Waals surface area contributed by atoms with Crippen molar-refractivity contribution < 1.29 is 0 Å². The predicted octanol–water partition coefficient (Wildman–Crippen LogP) is 2.90. The summed E-state index contributed by atoms with van der Waals surface area (Å²) in [6.45, 7) is 0. The third-order valence-electron chi connectivity index (χ3n) is 2.61. The molecule has 0 radical (unpaired) electrons. The van der Waals surface area contributed by atoms with Crippen molar-refractivity contribution in [1.82, 2.24) is 0 Å². The first-order chi connectivity index (χ1) is 9.25. The molecule has 0 spiro atoms. The second-order valence-electron chi connectivity index (χ2n) is 4.10. The van der Waals surface area contributed by atoms with Gasteiger partial charge in [0.15, 0.2) is 0 Å². The molecule has 3 nitrogen and oxygen atoms in total. The smallest absolute Gasteiger partial charge is 0.100 e. The molecule has 0 fully saturated rings. The van der Waals surface area contributed by atoms with Gasteiger partial charge in [-0.05, 0) is 29.8 Å². The average Bonchev–Trinajstić information content (AvgIpc) is 2.47. The second kappa shape index (κ2) is 6.31. The Kier molecular flexibility index (Phi) is 4.24. The van der Waals surface area contributed by atoms with Gasteiger partial charge in [-0.25, -0.2) is 0 Å². The molecule has 0 bridgehead atoms. The standard InChI is InChI=1S/C16H17N3/c17-15(13-7-3-1-4-8-13)11-12-16(18)19-14-9-5-2-6-10-14/h1-12,19H,17-18H2/b15-11-,16-12+. The number of para-hydroxylation sites is 1. The van der Waals surface area contributed by atoms with Crippen molar-refractivity contribution in [3.05, 3.63) is 84.2 Å². The minimum absolute atomic E-state index is 0.546. The van der Waals surface area contributed by atoms with E-state index in [2.05, 4.69) is 5.32 Å². The SMILES string of the molecule is N/C(=C\C=C(/N)Nc1ccccc1)c1ccccc1. The van der Waals surface area contributed by atoms with Gasteiger partial charge < -0.3 is 16.8 Å². The van der Waals surface area contributed by atoms with Crippen molar-refractivity contribution in [3.63, 3.8) is 0 Å². The molecule has 96 valence electrons. The van der Waals surface area contributed by atoms with E-state index in [1.54, 1.807) is 12.2 Å². The minimum Gasteiger partial charge on any atom is -0.398 e. The summed E-state index contributed by atoms with van der Waals surface area (Å²) in [4.78, 5) is 0. The lowest BCUT2D eigenvalue weighted by molar-refractivity contribution is 1.31. The van der Waals surface area contributed by atoms with Crippen molar-refractivity contribution in [1.29, 1.82) is 0 Å². The van der Waals surface area contributed by atoms with Gasteiger partial charge in [-0.15, -0.1) is 0 Å². The van der Waals surface area contributed by atoms with Crippen LogP contribution in [0, 0.1) is 0 Å². The van der Waals surface area contributed by atoms with Crippen molar-refractivity contribution >= 4 is 11.4 Å². The van der Waals surface area contributed by atoms with Crippen LogP contribution in [0.3, 0.4) is 0 Å². The zero-order valence-electron chi connectivity index (χ0n) is 10.6. The number of allylic oxidation sites excluding steroid dienone is 2. The molecule has 2 rings (SSSR count). The van der Waals surface area contributed by atoms with Gasteiger partial charge in [0.05, 0.1) is 0 Å². The Balaban J connectivity index is 2.05. The first kappa shape index (κ1) is 12.8.